The normalized spacial score (nSPS) is 15.9. The van der Waals surface area contributed by atoms with Crippen LogP contribution in [0.5, 0.6) is 0 Å². The summed E-state index contributed by atoms with van der Waals surface area (Å²) < 4.78 is 0. The lowest BCUT2D eigenvalue weighted by Crippen LogP contribution is -2.51. The first kappa shape index (κ1) is 18.0. The van der Waals surface area contributed by atoms with E-state index in [4.69, 9.17) is 6.42 Å². The molecule has 0 spiro atoms. The molecule has 2 aromatic rings. The molecule has 1 aliphatic heterocycles. The second-order valence-corrected chi connectivity index (χ2v) is 6.68. The molecule has 3 rings (SSSR count). The summed E-state index contributed by atoms with van der Waals surface area (Å²) in [6.07, 6.45) is 5.44. The molecule has 1 heterocycles. The first-order valence-electron chi connectivity index (χ1n) is 9.04. The number of rotatable bonds is 5. The van der Waals surface area contributed by atoms with Gasteiger partial charge in [0.15, 0.2) is 0 Å². The van der Waals surface area contributed by atoms with E-state index in [1.807, 2.05) is 42.2 Å². The van der Waals surface area contributed by atoms with Crippen LogP contribution in [0.2, 0.25) is 0 Å². The fourth-order valence-electron chi connectivity index (χ4n) is 3.25. The van der Waals surface area contributed by atoms with Gasteiger partial charge in [0.25, 0.3) is 0 Å². The molecule has 0 bridgehead atoms. The highest BCUT2D eigenvalue weighted by atomic mass is 16.2. The van der Waals surface area contributed by atoms with Gasteiger partial charge in [0, 0.05) is 44.0 Å². The molecule has 1 aliphatic rings. The number of benzene rings is 2. The minimum Gasteiger partial charge on any atom is -0.374 e. The molecule has 0 aromatic heterocycles. The predicted octanol–water partition coefficient (Wildman–Crippen LogP) is 2.81. The van der Waals surface area contributed by atoms with E-state index in [-0.39, 0.29) is 11.9 Å². The fourth-order valence-corrected chi connectivity index (χ4v) is 3.25. The van der Waals surface area contributed by atoms with Crippen molar-refractivity contribution in [1.82, 2.24) is 9.80 Å². The summed E-state index contributed by atoms with van der Waals surface area (Å²) in [4.78, 5) is 17.1. The molecule has 1 fully saturated rings. The lowest BCUT2D eigenvalue weighted by molar-refractivity contribution is -0.133. The molecule has 0 saturated carbocycles. The number of carbonyl (C=O) groups is 1. The third-order valence-corrected chi connectivity index (χ3v) is 4.72. The van der Waals surface area contributed by atoms with Gasteiger partial charge in [-0.05, 0) is 30.7 Å². The van der Waals surface area contributed by atoms with Crippen LogP contribution in [-0.2, 0) is 11.3 Å². The Bertz CT molecular complexity index is 773. The van der Waals surface area contributed by atoms with Crippen LogP contribution in [0, 0.1) is 12.3 Å². The summed E-state index contributed by atoms with van der Waals surface area (Å²) in [5.74, 6) is 2.75. The Kier molecular flexibility index (Phi) is 5.93. The van der Waals surface area contributed by atoms with Crippen LogP contribution in [0.15, 0.2) is 54.6 Å². The largest absolute Gasteiger partial charge is 0.374 e. The van der Waals surface area contributed by atoms with E-state index in [0.29, 0.717) is 0 Å². The maximum atomic E-state index is 12.7. The lowest BCUT2D eigenvalue weighted by Gasteiger charge is -2.36. The molecule has 0 radical (unpaired) electrons. The Labute approximate surface area is 155 Å². The molecule has 0 aliphatic carbocycles. The average molecular weight is 347 g/mol. The summed E-state index contributed by atoms with van der Waals surface area (Å²) in [5, 5.41) is 3.26. The molecule has 1 saturated heterocycles. The van der Waals surface area contributed by atoms with Crippen molar-refractivity contribution >= 4 is 11.6 Å². The minimum atomic E-state index is -0.274. The monoisotopic (exact) mass is 347 g/mol. The summed E-state index contributed by atoms with van der Waals surface area (Å²) in [6, 6.07) is 17.8. The Morgan fingerprint density at radius 2 is 1.85 bits per heavy atom. The van der Waals surface area contributed by atoms with Crippen LogP contribution >= 0.6 is 0 Å². The molecular weight excluding hydrogens is 322 g/mol. The van der Waals surface area contributed by atoms with Crippen molar-refractivity contribution in [2.24, 2.45) is 0 Å². The number of nitrogens with one attached hydrogen (secondary N) is 1. The van der Waals surface area contributed by atoms with Crippen molar-refractivity contribution in [3.05, 3.63) is 65.7 Å². The molecule has 0 unspecified atom stereocenters. The van der Waals surface area contributed by atoms with Crippen molar-refractivity contribution < 1.29 is 4.79 Å². The van der Waals surface area contributed by atoms with Gasteiger partial charge in [-0.3, -0.25) is 9.69 Å². The van der Waals surface area contributed by atoms with Gasteiger partial charge in [0.2, 0.25) is 5.91 Å². The van der Waals surface area contributed by atoms with Gasteiger partial charge in [-0.1, -0.05) is 42.3 Å². The second-order valence-electron chi connectivity index (χ2n) is 6.68. The molecule has 4 heteroatoms. The van der Waals surface area contributed by atoms with E-state index >= 15 is 0 Å². The summed E-state index contributed by atoms with van der Waals surface area (Å²) >= 11 is 0. The van der Waals surface area contributed by atoms with Gasteiger partial charge in [0.05, 0.1) is 0 Å². The third-order valence-electron chi connectivity index (χ3n) is 4.72. The highest BCUT2D eigenvalue weighted by Crippen LogP contribution is 2.14. The number of amides is 1. The van der Waals surface area contributed by atoms with Crippen LogP contribution in [-0.4, -0.2) is 47.9 Å². The van der Waals surface area contributed by atoms with Crippen molar-refractivity contribution in [3.63, 3.8) is 0 Å². The predicted molar refractivity (Wildman–Crippen MR) is 106 cm³/mol. The maximum Gasteiger partial charge on any atom is 0.244 e. The van der Waals surface area contributed by atoms with Gasteiger partial charge >= 0.3 is 0 Å². The molecule has 26 heavy (non-hydrogen) atoms. The van der Waals surface area contributed by atoms with Crippen molar-refractivity contribution in [3.8, 4) is 12.3 Å². The van der Waals surface area contributed by atoms with Crippen LogP contribution in [0.3, 0.4) is 0 Å². The second kappa shape index (κ2) is 8.55. The number of carbonyl (C=O) groups excluding carboxylic acids is 1. The zero-order valence-electron chi connectivity index (χ0n) is 15.2. The average Bonchev–Trinajstić information content (AvgIpc) is 2.69. The topological polar surface area (TPSA) is 35.6 Å². The Morgan fingerprint density at radius 1 is 1.12 bits per heavy atom. The molecule has 134 valence electrons. The summed E-state index contributed by atoms with van der Waals surface area (Å²) in [6.45, 7) is 6.18. The number of nitrogens with zero attached hydrogens (tertiary/aromatic N) is 2. The maximum absolute atomic E-state index is 12.7. The van der Waals surface area contributed by atoms with Crippen molar-refractivity contribution in [1.29, 1.82) is 0 Å². The number of hydrogen-bond acceptors (Lipinski definition) is 3. The Morgan fingerprint density at radius 3 is 2.54 bits per heavy atom. The van der Waals surface area contributed by atoms with E-state index in [1.165, 1.54) is 5.56 Å². The van der Waals surface area contributed by atoms with Crippen LogP contribution < -0.4 is 5.32 Å². The van der Waals surface area contributed by atoms with Gasteiger partial charge in [-0.15, -0.1) is 6.42 Å². The Balaban J connectivity index is 1.50. The highest BCUT2D eigenvalue weighted by molar-refractivity contribution is 5.84. The number of terminal acetylenes is 1. The van der Waals surface area contributed by atoms with Crippen LogP contribution in [0.1, 0.15) is 18.1 Å². The number of hydrogen-bond donors (Lipinski definition) is 1. The van der Waals surface area contributed by atoms with Crippen LogP contribution in [0.4, 0.5) is 5.69 Å². The Hall–Kier alpha value is -2.77. The fraction of sp³-hybridized carbons (Fsp3) is 0.318. The minimum absolute atomic E-state index is 0.135. The zero-order valence-corrected chi connectivity index (χ0v) is 15.2. The first-order valence-corrected chi connectivity index (χ1v) is 9.04. The van der Waals surface area contributed by atoms with Gasteiger partial charge in [-0.2, -0.15) is 0 Å². The van der Waals surface area contributed by atoms with E-state index < -0.39 is 0 Å². The van der Waals surface area contributed by atoms with Crippen molar-refractivity contribution in [2.75, 3.05) is 31.5 Å². The summed E-state index contributed by atoms with van der Waals surface area (Å²) in [5.41, 5.74) is 3.00. The van der Waals surface area contributed by atoms with E-state index in [9.17, 15) is 4.79 Å². The summed E-state index contributed by atoms with van der Waals surface area (Å²) in [7, 11) is 0. The molecule has 4 nitrogen and oxygen atoms in total. The zero-order chi connectivity index (χ0) is 18.4. The molecule has 2 aromatic carbocycles. The smallest absolute Gasteiger partial charge is 0.244 e. The van der Waals surface area contributed by atoms with E-state index in [0.717, 1.165) is 44.0 Å². The molecule has 1 atom stereocenters. The first-order chi connectivity index (χ1) is 12.7. The van der Waals surface area contributed by atoms with Crippen molar-refractivity contribution in [2.45, 2.75) is 19.5 Å². The molecule has 1 N–H and O–H groups in total. The quantitative estimate of drug-likeness (QED) is 0.845. The number of anilines is 1. The van der Waals surface area contributed by atoms with Gasteiger partial charge < -0.3 is 10.2 Å². The van der Waals surface area contributed by atoms with E-state index in [1.54, 1.807) is 0 Å². The SMILES string of the molecule is C#Cc1cccc(N[C@H](C)C(=O)N2CCN(Cc3ccccc3)CC2)c1. The van der Waals surface area contributed by atoms with Crippen LogP contribution in [0.25, 0.3) is 0 Å². The lowest BCUT2D eigenvalue weighted by atomic mass is 10.1. The highest BCUT2D eigenvalue weighted by Gasteiger charge is 2.24. The van der Waals surface area contributed by atoms with E-state index in [2.05, 4.69) is 40.4 Å². The molecular formula is C22H25N3O. The third kappa shape index (κ3) is 4.65. The van der Waals surface area contributed by atoms with Gasteiger partial charge in [-0.25, -0.2) is 0 Å². The molecule has 1 amide bonds. The standard InChI is InChI=1S/C22H25N3O/c1-3-19-10-7-11-21(16-19)23-18(2)22(26)25-14-12-24(13-15-25)17-20-8-5-4-6-9-20/h1,4-11,16,18,23H,12-15,17H2,2H3/t18-/m1/s1. The number of piperazine rings is 1. The van der Waals surface area contributed by atoms with Gasteiger partial charge in [0.1, 0.15) is 6.04 Å².